The van der Waals surface area contributed by atoms with E-state index >= 15 is 0 Å². The van der Waals surface area contributed by atoms with Crippen LogP contribution in [0.5, 0.6) is 0 Å². The minimum absolute atomic E-state index is 1.23. The Hall–Kier alpha value is 0.102. The first-order valence-electron chi connectivity index (χ1n) is 3.76. The van der Waals surface area contributed by atoms with E-state index in [-0.39, 0.29) is 0 Å². The Morgan fingerprint density at radius 2 is 2.00 bits per heavy atom. The monoisotopic (exact) mass is 175 g/mol. The van der Waals surface area contributed by atoms with E-state index < -0.39 is 0 Å². The van der Waals surface area contributed by atoms with E-state index in [0.717, 1.165) is 0 Å². The van der Waals surface area contributed by atoms with E-state index in [1.165, 1.54) is 30.4 Å². The molecule has 0 amide bonds. The number of nitrogens with zero attached hydrogens (tertiary/aromatic N) is 1. The molecule has 0 N–H and O–H groups in total. The van der Waals surface area contributed by atoms with Crippen LogP contribution < -0.4 is 0 Å². The standard InChI is InChI=1S/C8H13N.Cr/c1-2-3-6-9-7-4-5-8-9;/h2-3H,4-5,7-8H2,1H3;/b3-2+;. The molecule has 0 atom stereocenters. The van der Waals surface area contributed by atoms with E-state index in [9.17, 15) is 0 Å². The summed E-state index contributed by atoms with van der Waals surface area (Å²) in [7, 11) is 0. The molecule has 10 heavy (non-hydrogen) atoms. The summed E-state index contributed by atoms with van der Waals surface area (Å²) >= 11 is 3.08. The summed E-state index contributed by atoms with van der Waals surface area (Å²) < 4.78 is 1.29. The van der Waals surface area contributed by atoms with Gasteiger partial charge in [0.15, 0.2) is 0 Å². The predicted molar refractivity (Wildman–Crippen MR) is 40.6 cm³/mol. The first-order valence-corrected chi connectivity index (χ1v) is 4.40. The molecule has 0 aromatic heterocycles. The zero-order valence-electron chi connectivity index (χ0n) is 6.34. The maximum absolute atomic E-state index is 3.08. The fraction of sp³-hybridized carbons (Fsp3) is 0.625. The topological polar surface area (TPSA) is 3.24 Å². The number of hydrogen-bond acceptors (Lipinski definition) is 1. The molecule has 1 rings (SSSR count). The second-order valence-corrected chi connectivity index (χ2v) is 3.19. The molecule has 0 spiro atoms. The van der Waals surface area contributed by atoms with Gasteiger partial charge < -0.3 is 0 Å². The average Bonchev–Trinajstić information content (AvgIpc) is 2.38. The van der Waals surface area contributed by atoms with E-state index in [2.05, 4.69) is 32.9 Å². The third-order valence-corrected chi connectivity index (χ3v) is 2.34. The van der Waals surface area contributed by atoms with Crippen molar-refractivity contribution in [2.45, 2.75) is 19.8 Å². The molecule has 1 nitrogen and oxygen atoms in total. The molecule has 1 fully saturated rings. The Kier molecular flexibility index (Phi) is 3.35. The molecule has 0 aliphatic carbocycles. The van der Waals surface area contributed by atoms with E-state index in [1.807, 2.05) is 6.92 Å². The first kappa shape index (κ1) is 8.20. The van der Waals surface area contributed by atoms with Gasteiger partial charge in [-0.2, -0.15) is 0 Å². The quantitative estimate of drug-likeness (QED) is 0.612. The van der Waals surface area contributed by atoms with Crippen LogP contribution >= 0.6 is 0 Å². The molecule has 1 heterocycles. The van der Waals surface area contributed by atoms with Crippen LogP contribution in [0.25, 0.3) is 0 Å². The van der Waals surface area contributed by atoms with Gasteiger partial charge in [0.05, 0.1) is 0 Å². The maximum atomic E-state index is 3.08. The summed E-state index contributed by atoms with van der Waals surface area (Å²) in [4.78, 5) is 2.39. The zero-order chi connectivity index (χ0) is 7.40. The van der Waals surface area contributed by atoms with Crippen molar-refractivity contribution in [2.24, 2.45) is 0 Å². The Bertz CT molecular complexity index is 145. The summed E-state index contributed by atoms with van der Waals surface area (Å²) in [5.41, 5.74) is 0. The summed E-state index contributed by atoms with van der Waals surface area (Å²) in [5.74, 6) is 0. The van der Waals surface area contributed by atoms with Gasteiger partial charge in [-0.3, -0.25) is 0 Å². The molecule has 2 heteroatoms. The Morgan fingerprint density at radius 3 is 2.50 bits per heavy atom. The summed E-state index contributed by atoms with van der Waals surface area (Å²) in [6, 6.07) is 0. The molecule has 1 saturated heterocycles. The van der Waals surface area contributed by atoms with Crippen molar-refractivity contribution in [1.29, 1.82) is 0 Å². The number of hydrogen-bond donors (Lipinski definition) is 0. The molecule has 1 aliphatic heterocycles. The fourth-order valence-electron chi connectivity index (χ4n) is 1.19. The number of likely N-dealkylation sites (tertiary alicyclic amines) is 1. The predicted octanol–water partition coefficient (Wildman–Crippen LogP) is 1.33. The fourth-order valence-corrected chi connectivity index (χ4v) is 1.68. The molecule has 56 valence electrons. The molecular formula is C8H13CrN. The van der Waals surface area contributed by atoms with Crippen LogP contribution in [0.2, 0.25) is 0 Å². The first-order chi connectivity index (χ1) is 4.84. The summed E-state index contributed by atoms with van der Waals surface area (Å²) in [5, 5.41) is 0. The normalized spacial score (nSPS) is 20.5. The SMILES string of the molecule is C/C=C/[C](=[Cr])N1CCCC1. The van der Waals surface area contributed by atoms with E-state index in [1.54, 1.807) is 0 Å². The van der Waals surface area contributed by atoms with E-state index in [0.29, 0.717) is 0 Å². The van der Waals surface area contributed by atoms with Gasteiger partial charge in [-0.1, -0.05) is 0 Å². The third-order valence-electron chi connectivity index (χ3n) is 1.73. The number of rotatable bonds is 2. The Morgan fingerprint density at radius 1 is 1.40 bits per heavy atom. The summed E-state index contributed by atoms with van der Waals surface area (Å²) in [6.45, 7) is 4.51. The van der Waals surface area contributed by atoms with Crippen LogP contribution in [0.4, 0.5) is 0 Å². The van der Waals surface area contributed by atoms with Gasteiger partial charge in [-0.05, 0) is 0 Å². The van der Waals surface area contributed by atoms with Crippen molar-refractivity contribution in [3.63, 3.8) is 0 Å². The van der Waals surface area contributed by atoms with Crippen LogP contribution in [-0.4, -0.2) is 22.5 Å². The van der Waals surface area contributed by atoms with Crippen molar-refractivity contribution in [1.82, 2.24) is 4.90 Å². The minimum atomic E-state index is 1.23. The Balaban J connectivity index is 2.40. The molecular weight excluding hydrogens is 162 g/mol. The van der Waals surface area contributed by atoms with Crippen molar-refractivity contribution in [2.75, 3.05) is 13.1 Å². The molecule has 0 bridgehead atoms. The van der Waals surface area contributed by atoms with E-state index in [4.69, 9.17) is 0 Å². The molecule has 0 aromatic carbocycles. The van der Waals surface area contributed by atoms with Gasteiger partial charge in [0.25, 0.3) is 0 Å². The average molecular weight is 175 g/mol. The zero-order valence-corrected chi connectivity index (χ0v) is 7.61. The van der Waals surface area contributed by atoms with Crippen molar-refractivity contribution in [3.05, 3.63) is 12.2 Å². The molecule has 0 saturated carbocycles. The van der Waals surface area contributed by atoms with Crippen LogP contribution in [0.15, 0.2) is 12.2 Å². The van der Waals surface area contributed by atoms with Crippen molar-refractivity contribution in [3.8, 4) is 0 Å². The van der Waals surface area contributed by atoms with Gasteiger partial charge >= 0.3 is 70.3 Å². The molecule has 0 radical (unpaired) electrons. The second-order valence-electron chi connectivity index (χ2n) is 2.53. The third kappa shape index (κ3) is 2.06. The van der Waals surface area contributed by atoms with Crippen molar-refractivity contribution >= 4 is 4.50 Å². The van der Waals surface area contributed by atoms with Crippen molar-refractivity contribution < 1.29 is 15.9 Å². The van der Waals surface area contributed by atoms with Crippen LogP contribution in [0.3, 0.4) is 0 Å². The van der Waals surface area contributed by atoms with Crippen LogP contribution in [-0.2, 0) is 15.9 Å². The second kappa shape index (κ2) is 4.08. The van der Waals surface area contributed by atoms with Gasteiger partial charge in [-0.15, -0.1) is 0 Å². The van der Waals surface area contributed by atoms with Gasteiger partial charge in [0.2, 0.25) is 0 Å². The molecule has 1 aliphatic rings. The Labute approximate surface area is 70.7 Å². The van der Waals surface area contributed by atoms with Gasteiger partial charge in [0.1, 0.15) is 0 Å². The molecule has 0 aromatic rings. The van der Waals surface area contributed by atoms with Crippen LogP contribution in [0.1, 0.15) is 19.8 Å². The number of allylic oxidation sites excluding steroid dienone is 1. The molecule has 0 unspecified atom stereocenters. The van der Waals surface area contributed by atoms with Gasteiger partial charge in [0, 0.05) is 0 Å². The van der Waals surface area contributed by atoms with Gasteiger partial charge in [-0.25, -0.2) is 0 Å². The summed E-state index contributed by atoms with van der Waals surface area (Å²) in [6.07, 6.45) is 6.90. The van der Waals surface area contributed by atoms with Crippen LogP contribution in [0, 0.1) is 0 Å².